The van der Waals surface area contributed by atoms with Crippen molar-refractivity contribution in [2.75, 3.05) is 20.3 Å². The van der Waals surface area contributed by atoms with Crippen LogP contribution in [0.5, 0.6) is 0 Å². The van der Waals surface area contributed by atoms with Crippen LogP contribution in [0.3, 0.4) is 0 Å². The zero-order chi connectivity index (χ0) is 15.2. The summed E-state index contributed by atoms with van der Waals surface area (Å²) in [4.78, 5) is 11.7. The van der Waals surface area contributed by atoms with Crippen molar-refractivity contribution in [1.29, 1.82) is 0 Å². The Hall–Kier alpha value is -1.34. The molecule has 0 saturated heterocycles. The van der Waals surface area contributed by atoms with E-state index in [1.165, 1.54) is 7.11 Å². The molecule has 0 spiro atoms. The zero-order valence-corrected chi connectivity index (χ0v) is 11.5. The molecule has 1 aromatic rings. The maximum Gasteiger partial charge on any atom is 0.431 e. The lowest BCUT2D eigenvalue weighted by molar-refractivity contribution is -0.144. The number of halogens is 3. The number of pyridine rings is 1. The van der Waals surface area contributed by atoms with Crippen LogP contribution in [0.25, 0.3) is 0 Å². The summed E-state index contributed by atoms with van der Waals surface area (Å²) in [5.41, 5.74) is -1.61. The number of rotatable bonds is 7. The highest BCUT2D eigenvalue weighted by Crippen LogP contribution is 2.28. The molecule has 0 bridgehead atoms. The van der Waals surface area contributed by atoms with E-state index in [2.05, 4.69) is 5.32 Å². The van der Waals surface area contributed by atoms with Crippen LogP contribution < -0.4 is 10.9 Å². The number of nitrogens with zero attached hydrogens (tertiary/aromatic N) is 1. The van der Waals surface area contributed by atoms with Crippen LogP contribution in [0.1, 0.15) is 19.0 Å². The normalized spacial score (nSPS) is 13.4. The molecule has 114 valence electrons. The van der Waals surface area contributed by atoms with E-state index in [4.69, 9.17) is 4.74 Å². The first-order valence-electron chi connectivity index (χ1n) is 6.39. The van der Waals surface area contributed by atoms with Gasteiger partial charge >= 0.3 is 6.18 Å². The second-order valence-corrected chi connectivity index (χ2v) is 4.46. The minimum atomic E-state index is -4.55. The molecule has 1 unspecified atom stereocenters. The lowest BCUT2D eigenvalue weighted by atomic mass is 10.2. The fourth-order valence-corrected chi connectivity index (χ4v) is 1.90. The molecular weight excluding hydrogens is 273 g/mol. The molecule has 1 aromatic heterocycles. The molecule has 1 rings (SSSR count). The van der Waals surface area contributed by atoms with Crippen molar-refractivity contribution < 1.29 is 17.9 Å². The number of aromatic nitrogens is 1. The monoisotopic (exact) mass is 292 g/mol. The van der Waals surface area contributed by atoms with Crippen LogP contribution >= 0.6 is 0 Å². The van der Waals surface area contributed by atoms with Crippen LogP contribution in [-0.4, -0.2) is 30.9 Å². The number of hydrogen-bond acceptors (Lipinski definition) is 3. The molecule has 4 nitrogen and oxygen atoms in total. The first-order valence-corrected chi connectivity index (χ1v) is 6.39. The van der Waals surface area contributed by atoms with E-state index in [-0.39, 0.29) is 19.2 Å². The van der Waals surface area contributed by atoms with Gasteiger partial charge in [-0.1, -0.05) is 13.0 Å². The topological polar surface area (TPSA) is 43.3 Å². The van der Waals surface area contributed by atoms with E-state index in [0.717, 1.165) is 29.2 Å². The molecule has 0 aromatic carbocycles. The lowest BCUT2D eigenvalue weighted by Crippen LogP contribution is -2.41. The second-order valence-electron chi connectivity index (χ2n) is 4.46. The van der Waals surface area contributed by atoms with Gasteiger partial charge in [-0.25, -0.2) is 0 Å². The van der Waals surface area contributed by atoms with Crippen molar-refractivity contribution in [1.82, 2.24) is 9.88 Å². The third kappa shape index (κ3) is 4.64. The molecule has 7 heteroatoms. The summed E-state index contributed by atoms with van der Waals surface area (Å²) in [5, 5.41) is 3.07. The average molecular weight is 292 g/mol. The van der Waals surface area contributed by atoms with Crippen molar-refractivity contribution in [3.8, 4) is 0 Å². The Labute approximate surface area is 115 Å². The summed E-state index contributed by atoms with van der Waals surface area (Å²) in [5.74, 6) is 0. The fourth-order valence-electron chi connectivity index (χ4n) is 1.90. The Morgan fingerprint density at radius 1 is 1.40 bits per heavy atom. The van der Waals surface area contributed by atoms with Gasteiger partial charge in [-0.15, -0.1) is 0 Å². The van der Waals surface area contributed by atoms with Gasteiger partial charge in [0.2, 0.25) is 0 Å². The van der Waals surface area contributed by atoms with Crippen LogP contribution in [0.15, 0.2) is 23.0 Å². The Balaban J connectivity index is 3.02. The van der Waals surface area contributed by atoms with Crippen molar-refractivity contribution in [3.05, 3.63) is 34.2 Å². The Morgan fingerprint density at radius 3 is 2.65 bits per heavy atom. The van der Waals surface area contributed by atoms with E-state index in [0.29, 0.717) is 6.54 Å². The van der Waals surface area contributed by atoms with Gasteiger partial charge in [0.05, 0.1) is 6.61 Å². The molecule has 0 fully saturated rings. The van der Waals surface area contributed by atoms with Crippen LogP contribution in [-0.2, 0) is 17.5 Å². The molecule has 0 saturated carbocycles. The van der Waals surface area contributed by atoms with Crippen molar-refractivity contribution in [2.24, 2.45) is 0 Å². The highest BCUT2D eigenvalue weighted by molar-refractivity contribution is 5.10. The molecule has 0 aliphatic heterocycles. The highest BCUT2D eigenvalue weighted by atomic mass is 19.4. The number of alkyl halides is 3. The van der Waals surface area contributed by atoms with Gasteiger partial charge in [0, 0.05) is 25.8 Å². The van der Waals surface area contributed by atoms with Gasteiger partial charge < -0.3 is 14.6 Å². The molecule has 1 N–H and O–H groups in total. The Kier molecular flexibility index (Phi) is 6.22. The lowest BCUT2D eigenvalue weighted by Gasteiger charge is -2.21. The van der Waals surface area contributed by atoms with Crippen molar-refractivity contribution >= 4 is 0 Å². The second kappa shape index (κ2) is 7.44. The van der Waals surface area contributed by atoms with Crippen molar-refractivity contribution in [3.63, 3.8) is 0 Å². The molecule has 0 radical (unpaired) electrons. The van der Waals surface area contributed by atoms with Gasteiger partial charge in [0.25, 0.3) is 5.56 Å². The third-order valence-corrected chi connectivity index (χ3v) is 2.79. The third-order valence-electron chi connectivity index (χ3n) is 2.79. The van der Waals surface area contributed by atoms with Gasteiger partial charge in [0.15, 0.2) is 0 Å². The molecule has 1 atom stereocenters. The Bertz CT molecular complexity index is 471. The zero-order valence-electron chi connectivity index (χ0n) is 11.5. The summed E-state index contributed by atoms with van der Waals surface area (Å²) in [6, 6.07) is 2.80. The number of nitrogens with one attached hydrogen (secondary N) is 1. The first kappa shape index (κ1) is 16.7. The molecule has 1 heterocycles. The maximum atomic E-state index is 12.9. The van der Waals surface area contributed by atoms with Crippen LogP contribution in [0, 0.1) is 0 Å². The predicted molar refractivity (Wildman–Crippen MR) is 69.7 cm³/mol. The standard InChI is InChI=1S/C13H19F3N2O2/c1-3-7-17-10(9-20-2)8-18-11(13(14,15)16)5-4-6-12(18)19/h4-6,10,17H,3,7-9H2,1-2H3. The fraction of sp³-hybridized carbons (Fsp3) is 0.615. The quantitative estimate of drug-likeness (QED) is 0.834. The predicted octanol–water partition coefficient (Wildman–Crippen LogP) is 1.88. The number of methoxy groups -OCH3 is 1. The highest BCUT2D eigenvalue weighted by Gasteiger charge is 2.34. The smallest absolute Gasteiger partial charge is 0.383 e. The summed E-state index contributed by atoms with van der Waals surface area (Å²) < 4.78 is 44.4. The molecular formula is C13H19F3N2O2. The summed E-state index contributed by atoms with van der Waals surface area (Å²) in [7, 11) is 1.47. The van der Waals surface area contributed by atoms with Gasteiger partial charge in [-0.2, -0.15) is 13.2 Å². The molecule has 0 aliphatic carbocycles. The number of ether oxygens (including phenoxy) is 1. The van der Waals surface area contributed by atoms with E-state index in [1.54, 1.807) is 0 Å². The van der Waals surface area contributed by atoms with Gasteiger partial charge in [-0.3, -0.25) is 4.79 Å². The van der Waals surface area contributed by atoms with Crippen LogP contribution in [0.4, 0.5) is 13.2 Å². The number of hydrogen-bond donors (Lipinski definition) is 1. The van der Waals surface area contributed by atoms with Gasteiger partial charge in [-0.05, 0) is 19.0 Å². The van der Waals surface area contributed by atoms with Crippen LogP contribution in [0.2, 0.25) is 0 Å². The summed E-state index contributed by atoms with van der Waals surface area (Å²) in [6.07, 6.45) is -3.71. The van der Waals surface area contributed by atoms with Crippen molar-refractivity contribution in [2.45, 2.75) is 32.1 Å². The first-order chi connectivity index (χ1) is 9.40. The molecule has 0 aliphatic rings. The molecule has 0 amide bonds. The summed E-state index contributed by atoms with van der Waals surface area (Å²) >= 11 is 0. The Morgan fingerprint density at radius 2 is 2.10 bits per heavy atom. The minimum Gasteiger partial charge on any atom is -0.383 e. The maximum absolute atomic E-state index is 12.9. The largest absolute Gasteiger partial charge is 0.431 e. The molecule has 20 heavy (non-hydrogen) atoms. The van der Waals surface area contributed by atoms with E-state index in [1.807, 2.05) is 6.92 Å². The minimum absolute atomic E-state index is 0.0810. The average Bonchev–Trinajstić information content (AvgIpc) is 2.37. The SMILES string of the molecule is CCCNC(COC)Cn1c(C(F)(F)F)cccc1=O. The van der Waals surface area contributed by atoms with E-state index < -0.39 is 17.4 Å². The van der Waals surface area contributed by atoms with E-state index in [9.17, 15) is 18.0 Å². The summed E-state index contributed by atoms with van der Waals surface area (Å²) in [6.45, 7) is 2.75. The van der Waals surface area contributed by atoms with E-state index >= 15 is 0 Å². The van der Waals surface area contributed by atoms with Gasteiger partial charge in [0.1, 0.15) is 5.69 Å².